The average molecular weight is 404 g/mol. The van der Waals surface area contributed by atoms with Crippen LogP contribution in [0.15, 0.2) is 78.9 Å². The molecule has 0 atom stereocenters. The van der Waals surface area contributed by atoms with Crippen molar-refractivity contribution in [3.8, 4) is 16.9 Å². The van der Waals surface area contributed by atoms with Gasteiger partial charge in [-0.1, -0.05) is 54.6 Å². The van der Waals surface area contributed by atoms with Gasteiger partial charge in [-0.2, -0.15) is 0 Å². The molecule has 2 amide bonds. The summed E-state index contributed by atoms with van der Waals surface area (Å²) < 4.78 is 10.5. The van der Waals surface area contributed by atoms with E-state index in [-0.39, 0.29) is 18.4 Å². The van der Waals surface area contributed by atoms with E-state index in [1.54, 1.807) is 31.4 Å². The Hall–Kier alpha value is -3.64. The number of hydrogen-bond acceptors (Lipinski definition) is 4. The van der Waals surface area contributed by atoms with Crippen LogP contribution < -0.4 is 15.4 Å². The summed E-state index contributed by atoms with van der Waals surface area (Å²) in [4.78, 5) is 24.6. The maximum atomic E-state index is 12.3. The van der Waals surface area contributed by atoms with Crippen molar-refractivity contribution in [2.24, 2.45) is 0 Å². The maximum Gasteiger partial charge on any atom is 0.262 e. The smallest absolute Gasteiger partial charge is 0.262 e. The van der Waals surface area contributed by atoms with Gasteiger partial charge in [-0.05, 0) is 35.4 Å². The minimum atomic E-state index is -0.348. The Labute approximate surface area is 175 Å². The Balaban J connectivity index is 1.55. The molecule has 0 bridgehead atoms. The molecule has 2 N–H and O–H groups in total. The lowest BCUT2D eigenvalue weighted by Gasteiger charge is -2.12. The molecule has 30 heavy (non-hydrogen) atoms. The third-order valence-corrected chi connectivity index (χ3v) is 4.37. The molecule has 3 rings (SSSR count). The molecule has 0 radical (unpaired) electrons. The molecule has 0 aliphatic rings. The number of anilines is 1. The van der Waals surface area contributed by atoms with Crippen LogP contribution in [0.1, 0.15) is 10.4 Å². The first kappa shape index (κ1) is 21.1. The molecule has 6 heteroatoms. The van der Waals surface area contributed by atoms with Crippen molar-refractivity contribution in [1.29, 1.82) is 0 Å². The van der Waals surface area contributed by atoms with Crippen molar-refractivity contribution >= 4 is 17.5 Å². The van der Waals surface area contributed by atoms with Crippen LogP contribution in [0.25, 0.3) is 11.1 Å². The van der Waals surface area contributed by atoms with E-state index in [0.717, 1.165) is 11.1 Å². The van der Waals surface area contributed by atoms with Crippen LogP contribution in [-0.2, 0) is 9.53 Å². The van der Waals surface area contributed by atoms with Crippen LogP contribution in [-0.4, -0.2) is 38.7 Å². The standard InChI is InChI=1S/C24H24N2O4/c1-29-16-15-25-24(28)21-9-5-6-10-22(21)26-23(27)17-30-20-13-11-19(12-14-20)18-7-3-2-4-8-18/h2-14H,15-17H2,1H3,(H,25,28)(H,26,27). The summed E-state index contributed by atoms with van der Waals surface area (Å²) in [5, 5.41) is 5.48. The first-order chi connectivity index (χ1) is 14.7. The zero-order valence-electron chi connectivity index (χ0n) is 16.8. The number of para-hydroxylation sites is 1. The van der Waals surface area contributed by atoms with Gasteiger partial charge in [0.1, 0.15) is 5.75 Å². The molecule has 0 saturated carbocycles. The Morgan fingerprint density at radius 2 is 1.50 bits per heavy atom. The second kappa shape index (κ2) is 10.8. The number of carbonyl (C=O) groups is 2. The van der Waals surface area contributed by atoms with Gasteiger partial charge in [-0.25, -0.2) is 0 Å². The highest BCUT2D eigenvalue weighted by molar-refractivity contribution is 6.04. The highest BCUT2D eigenvalue weighted by Crippen LogP contribution is 2.22. The van der Waals surface area contributed by atoms with Crippen molar-refractivity contribution < 1.29 is 19.1 Å². The van der Waals surface area contributed by atoms with Crippen LogP contribution in [0.2, 0.25) is 0 Å². The van der Waals surface area contributed by atoms with Crippen molar-refractivity contribution in [2.45, 2.75) is 0 Å². The Kier molecular flexibility index (Phi) is 7.58. The van der Waals surface area contributed by atoms with Crippen LogP contribution in [0, 0.1) is 0 Å². The number of rotatable bonds is 9. The molecule has 0 fully saturated rings. The summed E-state index contributed by atoms with van der Waals surface area (Å²) in [6.45, 7) is 0.640. The lowest BCUT2D eigenvalue weighted by molar-refractivity contribution is -0.118. The van der Waals surface area contributed by atoms with Crippen LogP contribution in [0.3, 0.4) is 0 Å². The summed E-state index contributed by atoms with van der Waals surface area (Å²) in [6, 6.07) is 24.4. The molecule has 0 spiro atoms. The summed E-state index contributed by atoms with van der Waals surface area (Å²) in [5.74, 6) is -0.0323. The predicted molar refractivity (Wildman–Crippen MR) is 117 cm³/mol. The van der Waals surface area contributed by atoms with E-state index in [1.807, 2.05) is 54.6 Å². The van der Waals surface area contributed by atoms with Gasteiger partial charge in [-0.15, -0.1) is 0 Å². The summed E-state index contributed by atoms with van der Waals surface area (Å²) in [5.41, 5.74) is 3.00. The first-order valence-electron chi connectivity index (χ1n) is 9.61. The van der Waals surface area contributed by atoms with Crippen LogP contribution in [0.5, 0.6) is 5.75 Å². The minimum Gasteiger partial charge on any atom is -0.484 e. The van der Waals surface area contributed by atoms with E-state index < -0.39 is 0 Å². The molecule has 0 aromatic heterocycles. The molecular formula is C24H24N2O4. The van der Waals surface area contributed by atoms with Gasteiger partial charge in [0.25, 0.3) is 11.8 Å². The van der Waals surface area contributed by atoms with Gasteiger partial charge < -0.3 is 20.1 Å². The molecule has 0 aliphatic carbocycles. The lowest BCUT2D eigenvalue weighted by Crippen LogP contribution is -2.28. The minimum absolute atomic E-state index is 0.162. The van der Waals surface area contributed by atoms with E-state index in [0.29, 0.717) is 30.2 Å². The fourth-order valence-corrected chi connectivity index (χ4v) is 2.86. The van der Waals surface area contributed by atoms with Crippen molar-refractivity contribution in [3.05, 3.63) is 84.4 Å². The molecule has 3 aromatic rings. The summed E-state index contributed by atoms with van der Waals surface area (Å²) in [6.07, 6.45) is 0. The fraction of sp³-hybridized carbons (Fsp3) is 0.167. The topological polar surface area (TPSA) is 76.7 Å². The molecule has 3 aromatic carbocycles. The molecule has 0 saturated heterocycles. The quantitative estimate of drug-likeness (QED) is 0.533. The molecule has 0 heterocycles. The maximum absolute atomic E-state index is 12.3. The van der Waals surface area contributed by atoms with Gasteiger partial charge in [0.15, 0.2) is 6.61 Å². The van der Waals surface area contributed by atoms with E-state index >= 15 is 0 Å². The second-order valence-corrected chi connectivity index (χ2v) is 6.52. The van der Waals surface area contributed by atoms with Crippen molar-refractivity contribution in [3.63, 3.8) is 0 Å². The van der Waals surface area contributed by atoms with Gasteiger partial charge in [0.05, 0.1) is 17.9 Å². The second-order valence-electron chi connectivity index (χ2n) is 6.52. The highest BCUT2D eigenvalue weighted by atomic mass is 16.5. The molecule has 6 nitrogen and oxygen atoms in total. The van der Waals surface area contributed by atoms with E-state index in [4.69, 9.17) is 9.47 Å². The third kappa shape index (κ3) is 5.93. The Morgan fingerprint density at radius 3 is 2.23 bits per heavy atom. The molecule has 154 valence electrons. The van der Waals surface area contributed by atoms with Gasteiger partial charge in [0.2, 0.25) is 0 Å². The van der Waals surface area contributed by atoms with Gasteiger partial charge in [-0.3, -0.25) is 9.59 Å². The molecular weight excluding hydrogens is 380 g/mol. The Morgan fingerprint density at radius 1 is 0.833 bits per heavy atom. The zero-order chi connectivity index (χ0) is 21.2. The molecule has 0 unspecified atom stereocenters. The highest BCUT2D eigenvalue weighted by Gasteiger charge is 2.13. The van der Waals surface area contributed by atoms with E-state index in [9.17, 15) is 9.59 Å². The fourth-order valence-electron chi connectivity index (χ4n) is 2.86. The predicted octanol–water partition coefficient (Wildman–Crippen LogP) is 3.75. The number of carbonyl (C=O) groups excluding carboxylic acids is 2. The van der Waals surface area contributed by atoms with Gasteiger partial charge in [0, 0.05) is 13.7 Å². The number of ether oxygens (including phenoxy) is 2. The SMILES string of the molecule is COCCNC(=O)c1ccccc1NC(=O)COc1ccc(-c2ccccc2)cc1. The van der Waals surface area contributed by atoms with Crippen molar-refractivity contribution in [2.75, 3.05) is 32.2 Å². The van der Waals surface area contributed by atoms with Gasteiger partial charge >= 0.3 is 0 Å². The lowest BCUT2D eigenvalue weighted by atomic mass is 10.1. The van der Waals surface area contributed by atoms with E-state index in [1.165, 1.54) is 0 Å². The van der Waals surface area contributed by atoms with Crippen LogP contribution in [0.4, 0.5) is 5.69 Å². The largest absolute Gasteiger partial charge is 0.484 e. The normalized spacial score (nSPS) is 10.3. The first-order valence-corrected chi connectivity index (χ1v) is 9.61. The number of methoxy groups -OCH3 is 1. The number of hydrogen-bond donors (Lipinski definition) is 2. The summed E-state index contributed by atoms with van der Waals surface area (Å²) in [7, 11) is 1.57. The zero-order valence-corrected chi connectivity index (χ0v) is 16.8. The van der Waals surface area contributed by atoms with Crippen LogP contribution >= 0.6 is 0 Å². The Bertz CT molecular complexity index is 972. The number of amides is 2. The van der Waals surface area contributed by atoms with E-state index in [2.05, 4.69) is 10.6 Å². The monoisotopic (exact) mass is 404 g/mol. The number of benzene rings is 3. The average Bonchev–Trinajstić information content (AvgIpc) is 2.79. The van der Waals surface area contributed by atoms with Crippen molar-refractivity contribution in [1.82, 2.24) is 5.32 Å². The summed E-state index contributed by atoms with van der Waals surface area (Å²) >= 11 is 0. The number of nitrogens with one attached hydrogen (secondary N) is 2. The molecule has 0 aliphatic heterocycles. The third-order valence-electron chi connectivity index (χ3n) is 4.37.